The van der Waals surface area contributed by atoms with Crippen molar-refractivity contribution in [2.45, 2.75) is 13.0 Å². The maximum atomic E-state index is 13.2. The van der Waals surface area contributed by atoms with Gasteiger partial charge in [-0.1, -0.05) is 12.1 Å². The van der Waals surface area contributed by atoms with Gasteiger partial charge in [0.2, 0.25) is 11.5 Å². The fraction of sp³-hybridized carbons (Fsp3) is 0.231. The summed E-state index contributed by atoms with van der Waals surface area (Å²) in [5, 5.41) is 12.3. The molecule has 4 aromatic rings. The number of pyridine rings is 1. The highest BCUT2D eigenvalue weighted by atomic mass is 16.5. The van der Waals surface area contributed by atoms with Gasteiger partial charge < -0.3 is 24.3 Å². The zero-order valence-electron chi connectivity index (χ0n) is 19.4. The lowest BCUT2D eigenvalue weighted by molar-refractivity contribution is -0.125. The monoisotopic (exact) mass is 487 g/mol. The van der Waals surface area contributed by atoms with E-state index in [0.717, 1.165) is 11.1 Å². The minimum Gasteiger partial charge on any atom is -0.396 e. The fourth-order valence-corrected chi connectivity index (χ4v) is 4.27. The van der Waals surface area contributed by atoms with Crippen molar-refractivity contribution < 1.29 is 19.4 Å². The van der Waals surface area contributed by atoms with Crippen LogP contribution in [-0.2, 0) is 16.1 Å². The summed E-state index contributed by atoms with van der Waals surface area (Å²) in [6.07, 6.45) is 2.04. The van der Waals surface area contributed by atoms with Crippen LogP contribution in [0, 0.1) is 0 Å². The number of aliphatic hydroxyl groups excluding tert-OH is 1. The van der Waals surface area contributed by atoms with Gasteiger partial charge in [-0.3, -0.25) is 19.7 Å². The zero-order chi connectivity index (χ0) is 25.1. The third kappa shape index (κ3) is 4.77. The molecule has 1 aliphatic rings. The average Bonchev–Trinajstić information content (AvgIpc) is 3.23. The van der Waals surface area contributed by atoms with Crippen molar-refractivity contribution in [2.24, 2.45) is 0 Å². The number of rotatable bonds is 7. The number of morpholine rings is 1. The topological polar surface area (TPSA) is 130 Å². The first-order valence-corrected chi connectivity index (χ1v) is 11.6. The van der Waals surface area contributed by atoms with Gasteiger partial charge in [-0.05, 0) is 53.9 Å². The standard InChI is InChI=1S/C26H25N5O5/c32-11-2-9-31-22-6-5-20(30-10-12-36-16-24(30)34)15-21(22)28-26(31)29-25(35)19-4-1-3-17(13-19)18-7-8-27-23(33)14-18/h1,3-8,13-15,32H,2,9-12,16H2,(H,27,33)(H,28,29,35). The van der Waals surface area contributed by atoms with E-state index in [9.17, 15) is 19.5 Å². The molecule has 5 rings (SSSR count). The van der Waals surface area contributed by atoms with E-state index in [0.29, 0.717) is 54.4 Å². The maximum absolute atomic E-state index is 13.2. The SMILES string of the molecule is O=C(Nc1nc2cc(N3CCOCC3=O)ccc2n1CCCO)c1cccc(-c2cc[nH]c(=O)c2)c1. The number of fused-ring (bicyclic) bond motifs is 1. The van der Waals surface area contributed by atoms with E-state index in [2.05, 4.69) is 15.3 Å². The first-order valence-electron chi connectivity index (χ1n) is 11.6. The summed E-state index contributed by atoms with van der Waals surface area (Å²) in [4.78, 5) is 46.0. The summed E-state index contributed by atoms with van der Waals surface area (Å²) in [5.41, 5.74) is 3.74. The van der Waals surface area contributed by atoms with E-state index in [1.54, 1.807) is 35.4 Å². The van der Waals surface area contributed by atoms with E-state index in [1.807, 2.05) is 28.8 Å². The molecular weight excluding hydrogens is 462 g/mol. The van der Waals surface area contributed by atoms with Crippen LogP contribution in [0.15, 0.2) is 65.6 Å². The molecule has 3 N–H and O–H groups in total. The van der Waals surface area contributed by atoms with Gasteiger partial charge in [0.05, 0.1) is 17.6 Å². The van der Waals surface area contributed by atoms with Crippen molar-refractivity contribution in [1.29, 1.82) is 0 Å². The smallest absolute Gasteiger partial charge is 0.257 e. The van der Waals surface area contributed by atoms with Crippen LogP contribution in [0.25, 0.3) is 22.2 Å². The number of amides is 2. The number of nitrogens with one attached hydrogen (secondary N) is 2. The highest BCUT2D eigenvalue weighted by Crippen LogP contribution is 2.27. The minimum atomic E-state index is -0.356. The molecule has 1 saturated heterocycles. The molecule has 0 spiro atoms. The Hall–Kier alpha value is -4.28. The lowest BCUT2D eigenvalue weighted by Gasteiger charge is -2.26. The summed E-state index contributed by atoms with van der Waals surface area (Å²) in [6, 6.07) is 15.8. The van der Waals surface area contributed by atoms with Crippen molar-refractivity contribution >= 4 is 34.5 Å². The molecule has 1 aliphatic heterocycles. The van der Waals surface area contributed by atoms with E-state index in [1.165, 1.54) is 6.07 Å². The number of H-pyrrole nitrogens is 1. The highest BCUT2D eigenvalue weighted by Gasteiger charge is 2.22. The molecule has 2 aromatic heterocycles. The van der Waals surface area contributed by atoms with E-state index in [-0.39, 0.29) is 30.6 Å². The Labute approximate surface area is 206 Å². The summed E-state index contributed by atoms with van der Waals surface area (Å²) in [7, 11) is 0. The third-order valence-electron chi connectivity index (χ3n) is 6.03. The number of nitrogens with zero attached hydrogens (tertiary/aromatic N) is 3. The van der Waals surface area contributed by atoms with Crippen molar-refractivity contribution in [3.63, 3.8) is 0 Å². The second kappa shape index (κ2) is 10.1. The lowest BCUT2D eigenvalue weighted by atomic mass is 10.0. The Kier molecular flexibility index (Phi) is 6.61. The molecular formula is C26H25N5O5. The second-order valence-electron chi connectivity index (χ2n) is 8.41. The number of hydrogen-bond acceptors (Lipinski definition) is 6. The number of aromatic nitrogens is 3. The third-order valence-corrected chi connectivity index (χ3v) is 6.03. The number of imidazole rings is 1. The van der Waals surface area contributed by atoms with E-state index >= 15 is 0 Å². The molecule has 184 valence electrons. The Bertz CT molecular complexity index is 1490. The number of aryl methyl sites for hydroxylation is 1. The highest BCUT2D eigenvalue weighted by molar-refractivity contribution is 6.05. The van der Waals surface area contributed by atoms with Crippen LogP contribution in [-0.4, -0.2) is 57.8 Å². The molecule has 2 amide bonds. The molecule has 10 heteroatoms. The van der Waals surface area contributed by atoms with Gasteiger partial charge >= 0.3 is 0 Å². The van der Waals surface area contributed by atoms with Crippen molar-refractivity contribution in [3.05, 3.63) is 76.7 Å². The second-order valence-corrected chi connectivity index (χ2v) is 8.41. The Balaban J connectivity index is 1.46. The predicted octanol–water partition coefficient (Wildman–Crippen LogP) is 2.39. The van der Waals surface area contributed by atoms with Crippen LogP contribution in [0.1, 0.15) is 16.8 Å². The minimum absolute atomic E-state index is 0.00826. The largest absolute Gasteiger partial charge is 0.396 e. The molecule has 0 aliphatic carbocycles. The van der Waals surface area contributed by atoms with Crippen LogP contribution < -0.4 is 15.8 Å². The van der Waals surface area contributed by atoms with E-state index in [4.69, 9.17) is 4.74 Å². The van der Waals surface area contributed by atoms with Gasteiger partial charge in [-0.25, -0.2) is 4.98 Å². The first-order chi connectivity index (χ1) is 17.5. The molecule has 0 atom stereocenters. The van der Waals surface area contributed by atoms with Crippen molar-refractivity contribution in [3.8, 4) is 11.1 Å². The fourth-order valence-electron chi connectivity index (χ4n) is 4.27. The number of hydrogen-bond donors (Lipinski definition) is 3. The van der Waals surface area contributed by atoms with Crippen LogP contribution in [0.5, 0.6) is 0 Å². The van der Waals surface area contributed by atoms with Crippen LogP contribution >= 0.6 is 0 Å². The van der Waals surface area contributed by atoms with Crippen LogP contribution in [0.3, 0.4) is 0 Å². The lowest BCUT2D eigenvalue weighted by Crippen LogP contribution is -2.41. The summed E-state index contributed by atoms with van der Waals surface area (Å²) in [6.45, 7) is 1.41. The number of aromatic amines is 1. The number of carbonyl (C=O) groups excluding carboxylic acids is 2. The normalized spacial score (nSPS) is 13.8. The van der Waals surface area contributed by atoms with Gasteiger partial charge in [-0.15, -0.1) is 0 Å². The molecule has 0 radical (unpaired) electrons. The van der Waals surface area contributed by atoms with Gasteiger partial charge in [0.15, 0.2) is 0 Å². The molecule has 0 bridgehead atoms. The van der Waals surface area contributed by atoms with Crippen LogP contribution in [0.4, 0.5) is 11.6 Å². The number of aliphatic hydroxyl groups is 1. The van der Waals surface area contributed by atoms with Gasteiger partial charge in [0.1, 0.15) is 6.61 Å². The first kappa shape index (κ1) is 23.5. The molecule has 0 saturated carbocycles. The Morgan fingerprint density at radius 2 is 1.97 bits per heavy atom. The average molecular weight is 488 g/mol. The molecule has 1 fully saturated rings. The number of anilines is 2. The molecule has 10 nitrogen and oxygen atoms in total. The summed E-state index contributed by atoms with van der Waals surface area (Å²) < 4.78 is 7.06. The summed E-state index contributed by atoms with van der Waals surface area (Å²) >= 11 is 0. The van der Waals surface area contributed by atoms with Gasteiger partial charge in [0, 0.05) is 43.2 Å². The van der Waals surface area contributed by atoms with Gasteiger partial charge in [0.25, 0.3) is 11.8 Å². The number of benzene rings is 2. The van der Waals surface area contributed by atoms with Crippen molar-refractivity contribution in [2.75, 3.05) is 36.6 Å². The zero-order valence-corrected chi connectivity index (χ0v) is 19.4. The molecule has 36 heavy (non-hydrogen) atoms. The molecule has 3 heterocycles. The quantitative estimate of drug-likeness (QED) is 0.367. The van der Waals surface area contributed by atoms with Crippen molar-refractivity contribution in [1.82, 2.24) is 14.5 Å². The maximum Gasteiger partial charge on any atom is 0.257 e. The van der Waals surface area contributed by atoms with E-state index < -0.39 is 0 Å². The Morgan fingerprint density at radius 1 is 1.11 bits per heavy atom. The molecule has 0 unspecified atom stereocenters. The van der Waals surface area contributed by atoms with Gasteiger partial charge in [-0.2, -0.15) is 0 Å². The van der Waals surface area contributed by atoms with Crippen LogP contribution in [0.2, 0.25) is 0 Å². The summed E-state index contributed by atoms with van der Waals surface area (Å²) in [5.74, 6) is -0.129. The number of carbonyl (C=O) groups is 2. The molecule has 2 aromatic carbocycles. The number of ether oxygens (including phenoxy) is 1. The Morgan fingerprint density at radius 3 is 2.78 bits per heavy atom. The predicted molar refractivity (Wildman–Crippen MR) is 135 cm³/mol.